The van der Waals surface area contributed by atoms with E-state index in [1.54, 1.807) is 0 Å². The number of ether oxygens (including phenoxy) is 1. The van der Waals surface area contributed by atoms with Gasteiger partial charge in [0.05, 0.1) is 18.8 Å². The number of hydrogen-bond donors (Lipinski definition) is 0. The first kappa shape index (κ1) is 10.7. The molecule has 0 radical (unpaired) electrons. The van der Waals surface area contributed by atoms with Crippen LogP contribution < -0.4 is 0 Å². The summed E-state index contributed by atoms with van der Waals surface area (Å²) in [6, 6.07) is 0. The zero-order valence-corrected chi connectivity index (χ0v) is 8.80. The normalized spacial score (nSPS) is 20.2. The van der Waals surface area contributed by atoms with Gasteiger partial charge in [0.2, 0.25) is 0 Å². The van der Waals surface area contributed by atoms with Crippen molar-refractivity contribution in [3.8, 4) is 0 Å². The Kier molecular flexibility index (Phi) is 3.45. The molecule has 1 rings (SSSR count). The maximum atomic E-state index is 11.7. The molecule has 1 saturated heterocycles. The molecule has 0 bridgehead atoms. The number of carbonyl (C=O) groups excluding carboxylic acids is 1. The van der Waals surface area contributed by atoms with Crippen LogP contribution in [0.3, 0.4) is 0 Å². The SMILES string of the molecule is CCC(=O)C(C)(C)N1CCOCC1. The Morgan fingerprint density at radius 1 is 1.38 bits per heavy atom. The summed E-state index contributed by atoms with van der Waals surface area (Å²) in [6.45, 7) is 9.18. The van der Waals surface area contributed by atoms with Crippen molar-refractivity contribution in [2.45, 2.75) is 32.7 Å². The number of nitrogens with zero attached hydrogens (tertiary/aromatic N) is 1. The van der Waals surface area contributed by atoms with E-state index in [1.165, 1.54) is 0 Å². The molecule has 0 aromatic carbocycles. The predicted octanol–water partition coefficient (Wildman–Crippen LogP) is 1.08. The Bertz CT molecular complexity index is 183. The summed E-state index contributed by atoms with van der Waals surface area (Å²) in [5, 5.41) is 0. The highest BCUT2D eigenvalue weighted by Crippen LogP contribution is 2.18. The molecule has 1 aliphatic rings. The molecule has 1 aliphatic heterocycles. The lowest BCUT2D eigenvalue weighted by Gasteiger charge is -2.39. The Morgan fingerprint density at radius 3 is 2.38 bits per heavy atom. The Balaban J connectivity index is 2.60. The van der Waals surface area contributed by atoms with E-state index >= 15 is 0 Å². The molecule has 0 aliphatic carbocycles. The van der Waals surface area contributed by atoms with Gasteiger partial charge in [-0.2, -0.15) is 0 Å². The number of ketones is 1. The molecule has 3 nitrogen and oxygen atoms in total. The third kappa shape index (κ3) is 2.29. The average molecular weight is 185 g/mol. The minimum absolute atomic E-state index is 0.307. The van der Waals surface area contributed by atoms with Crippen LogP contribution in [0.2, 0.25) is 0 Å². The molecule has 0 spiro atoms. The van der Waals surface area contributed by atoms with E-state index in [1.807, 2.05) is 20.8 Å². The fraction of sp³-hybridized carbons (Fsp3) is 0.900. The van der Waals surface area contributed by atoms with E-state index < -0.39 is 0 Å². The van der Waals surface area contributed by atoms with Crippen molar-refractivity contribution in [3.63, 3.8) is 0 Å². The monoisotopic (exact) mass is 185 g/mol. The Hall–Kier alpha value is -0.410. The second-order valence-electron chi connectivity index (χ2n) is 3.94. The highest BCUT2D eigenvalue weighted by molar-refractivity contribution is 5.87. The van der Waals surface area contributed by atoms with Crippen LogP contribution in [-0.4, -0.2) is 42.5 Å². The molecular formula is C10H19NO2. The molecule has 76 valence electrons. The first-order valence-corrected chi connectivity index (χ1v) is 4.95. The van der Waals surface area contributed by atoms with Crippen LogP contribution in [0.25, 0.3) is 0 Å². The van der Waals surface area contributed by atoms with Gasteiger partial charge in [0.25, 0.3) is 0 Å². The lowest BCUT2D eigenvalue weighted by molar-refractivity contribution is -0.131. The number of morpholine rings is 1. The van der Waals surface area contributed by atoms with E-state index in [0.717, 1.165) is 26.3 Å². The van der Waals surface area contributed by atoms with Crippen LogP contribution in [0, 0.1) is 0 Å². The summed E-state index contributed by atoms with van der Waals surface area (Å²) in [5.74, 6) is 0.314. The Morgan fingerprint density at radius 2 is 1.92 bits per heavy atom. The van der Waals surface area contributed by atoms with Gasteiger partial charge in [0.1, 0.15) is 0 Å². The maximum absolute atomic E-state index is 11.7. The highest BCUT2D eigenvalue weighted by Gasteiger charge is 2.33. The third-order valence-electron chi connectivity index (χ3n) is 2.81. The van der Waals surface area contributed by atoms with Gasteiger partial charge in [-0.1, -0.05) is 6.92 Å². The van der Waals surface area contributed by atoms with E-state index in [0.29, 0.717) is 12.2 Å². The number of hydrogen-bond acceptors (Lipinski definition) is 3. The molecule has 3 heteroatoms. The van der Waals surface area contributed by atoms with Crippen molar-refractivity contribution >= 4 is 5.78 Å². The van der Waals surface area contributed by atoms with Crippen LogP contribution in [0.4, 0.5) is 0 Å². The first-order valence-electron chi connectivity index (χ1n) is 4.95. The molecule has 0 saturated carbocycles. The minimum atomic E-state index is -0.307. The van der Waals surface area contributed by atoms with Gasteiger partial charge in [-0.3, -0.25) is 9.69 Å². The van der Waals surface area contributed by atoms with E-state index in [2.05, 4.69) is 4.90 Å². The Labute approximate surface area is 80.1 Å². The average Bonchev–Trinajstić information content (AvgIpc) is 2.18. The largest absolute Gasteiger partial charge is 0.379 e. The topological polar surface area (TPSA) is 29.5 Å². The van der Waals surface area contributed by atoms with Gasteiger partial charge >= 0.3 is 0 Å². The summed E-state index contributed by atoms with van der Waals surface area (Å²) in [5.41, 5.74) is -0.307. The van der Waals surface area contributed by atoms with Crippen molar-refractivity contribution in [2.24, 2.45) is 0 Å². The van der Waals surface area contributed by atoms with Crippen molar-refractivity contribution in [3.05, 3.63) is 0 Å². The van der Waals surface area contributed by atoms with Crippen molar-refractivity contribution in [2.75, 3.05) is 26.3 Å². The van der Waals surface area contributed by atoms with Gasteiger partial charge in [-0.15, -0.1) is 0 Å². The highest BCUT2D eigenvalue weighted by atomic mass is 16.5. The molecule has 13 heavy (non-hydrogen) atoms. The lowest BCUT2D eigenvalue weighted by Crippen LogP contribution is -2.54. The third-order valence-corrected chi connectivity index (χ3v) is 2.81. The molecule has 0 aromatic rings. The molecule has 1 fully saturated rings. The quantitative estimate of drug-likeness (QED) is 0.659. The molecule has 0 atom stereocenters. The molecule has 0 amide bonds. The molecule has 0 unspecified atom stereocenters. The predicted molar refractivity (Wildman–Crippen MR) is 51.8 cm³/mol. The smallest absolute Gasteiger partial charge is 0.152 e. The van der Waals surface area contributed by atoms with Crippen molar-refractivity contribution in [1.82, 2.24) is 4.90 Å². The van der Waals surface area contributed by atoms with Gasteiger partial charge in [-0.25, -0.2) is 0 Å². The molecule has 1 heterocycles. The summed E-state index contributed by atoms with van der Waals surface area (Å²) in [4.78, 5) is 13.9. The van der Waals surface area contributed by atoms with Crippen molar-refractivity contribution in [1.29, 1.82) is 0 Å². The van der Waals surface area contributed by atoms with Gasteiger partial charge in [-0.05, 0) is 13.8 Å². The summed E-state index contributed by atoms with van der Waals surface area (Å²) in [7, 11) is 0. The van der Waals surface area contributed by atoms with Crippen LogP contribution in [0.1, 0.15) is 27.2 Å². The molecule has 0 aromatic heterocycles. The lowest BCUT2D eigenvalue weighted by atomic mass is 9.94. The summed E-state index contributed by atoms with van der Waals surface area (Å²) in [6.07, 6.45) is 0.615. The summed E-state index contributed by atoms with van der Waals surface area (Å²) >= 11 is 0. The second-order valence-corrected chi connectivity index (χ2v) is 3.94. The zero-order valence-electron chi connectivity index (χ0n) is 8.80. The van der Waals surface area contributed by atoms with Crippen LogP contribution in [-0.2, 0) is 9.53 Å². The van der Waals surface area contributed by atoms with Crippen LogP contribution in [0.5, 0.6) is 0 Å². The van der Waals surface area contributed by atoms with Gasteiger partial charge < -0.3 is 4.74 Å². The van der Waals surface area contributed by atoms with Gasteiger partial charge in [0.15, 0.2) is 5.78 Å². The fourth-order valence-corrected chi connectivity index (χ4v) is 1.73. The minimum Gasteiger partial charge on any atom is -0.379 e. The first-order chi connectivity index (χ1) is 6.09. The zero-order chi connectivity index (χ0) is 9.90. The second kappa shape index (κ2) is 4.20. The van der Waals surface area contributed by atoms with E-state index in [-0.39, 0.29) is 5.54 Å². The molecule has 0 N–H and O–H groups in total. The number of Topliss-reactive ketones (excluding diaryl/α,β-unsaturated/α-hetero) is 1. The van der Waals surface area contributed by atoms with Crippen molar-refractivity contribution < 1.29 is 9.53 Å². The summed E-state index contributed by atoms with van der Waals surface area (Å²) < 4.78 is 5.26. The standard InChI is InChI=1S/C10H19NO2/c1-4-9(12)10(2,3)11-5-7-13-8-6-11/h4-8H2,1-3H3. The van der Waals surface area contributed by atoms with Crippen LogP contribution >= 0.6 is 0 Å². The van der Waals surface area contributed by atoms with E-state index in [9.17, 15) is 4.79 Å². The van der Waals surface area contributed by atoms with Crippen LogP contribution in [0.15, 0.2) is 0 Å². The van der Waals surface area contributed by atoms with Gasteiger partial charge in [0, 0.05) is 19.5 Å². The fourth-order valence-electron chi connectivity index (χ4n) is 1.73. The number of rotatable bonds is 3. The van der Waals surface area contributed by atoms with E-state index in [4.69, 9.17) is 4.74 Å². The molecular weight excluding hydrogens is 166 g/mol. The maximum Gasteiger partial charge on any atom is 0.152 e. The number of carbonyl (C=O) groups is 1.